The molecule has 1 amide bonds. The van der Waals surface area contributed by atoms with Crippen LogP contribution in [0.5, 0.6) is 0 Å². The molecule has 23 heavy (non-hydrogen) atoms. The molecule has 0 saturated carbocycles. The number of hydrogen-bond donors (Lipinski definition) is 4. The van der Waals surface area contributed by atoms with E-state index in [1.807, 2.05) is 0 Å². The average Bonchev–Trinajstić information content (AvgIpc) is 2.97. The largest absolute Gasteiger partial charge is 0.352 e. The van der Waals surface area contributed by atoms with Gasteiger partial charge in [-0.15, -0.1) is 0 Å². The van der Waals surface area contributed by atoms with Crippen molar-refractivity contribution in [2.45, 2.75) is 50.6 Å². The predicted molar refractivity (Wildman–Crippen MR) is 82.7 cm³/mol. The Balaban J connectivity index is 2.13. The Hall–Kier alpha value is -2.41. The van der Waals surface area contributed by atoms with Gasteiger partial charge in [-0.3, -0.25) is 10.2 Å². The number of nitriles is 1. The van der Waals surface area contributed by atoms with Gasteiger partial charge >= 0.3 is 0 Å². The fraction of sp³-hybridized carbons (Fsp3) is 0.769. The third kappa shape index (κ3) is 6.48. The van der Waals surface area contributed by atoms with Crippen molar-refractivity contribution in [1.82, 2.24) is 15.6 Å². The van der Waals surface area contributed by atoms with Crippen LogP contribution in [0.15, 0.2) is 0 Å². The standard InChI is InChI=1S/C13H23N7O3/c14-9-10-5-4-8-19(10)12(21)11(15)6-2-1-3-7-17-13(16)18-20(22)23/h10-11H,1-8,15H2,(H3,16,17,18)/t10-,11-/m0/s1. The summed E-state index contributed by atoms with van der Waals surface area (Å²) < 4.78 is 0. The number of guanidine groups is 1. The molecule has 0 aliphatic carbocycles. The highest BCUT2D eigenvalue weighted by molar-refractivity contribution is 5.82. The number of hydrogen-bond acceptors (Lipinski definition) is 6. The van der Waals surface area contributed by atoms with Gasteiger partial charge in [-0.2, -0.15) is 5.26 Å². The molecule has 0 aromatic rings. The Morgan fingerprint density at radius 1 is 1.52 bits per heavy atom. The topological polar surface area (TPSA) is 161 Å². The van der Waals surface area contributed by atoms with Crippen molar-refractivity contribution in [3.63, 3.8) is 0 Å². The lowest BCUT2D eigenvalue weighted by Gasteiger charge is -2.23. The highest BCUT2D eigenvalue weighted by Crippen LogP contribution is 2.18. The summed E-state index contributed by atoms with van der Waals surface area (Å²) in [6, 6.07) is 1.18. The van der Waals surface area contributed by atoms with E-state index in [1.165, 1.54) is 0 Å². The van der Waals surface area contributed by atoms with Crippen molar-refractivity contribution >= 4 is 11.9 Å². The van der Waals surface area contributed by atoms with E-state index in [0.717, 1.165) is 19.3 Å². The quantitative estimate of drug-likeness (QED) is 0.156. The van der Waals surface area contributed by atoms with Gasteiger partial charge in [0, 0.05) is 13.1 Å². The molecule has 0 unspecified atom stereocenters. The second-order valence-corrected chi connectivity index (χ2v) is 5.45. The smallest absolute Gasteiger partial charge is 0.251 e. The van der Waals surface area contributed by atoms with Crippen molar-refractivity contribution in [1.29, 1.82) is 10.7 Å². The number of carbonyl (C=O) groups is 1. The van der Waals surface area contributed by atoms with Gasteiger partial charge in [-0.05, 0) is 25.7 Å². The number of unbranched alkanes of at least 4 members (excludes halogenated alkanes) is 2. The van der Waals surface area contributed by atoms with Crippen LogP contribution in [0.1, 0.15) is 38.5 Å². The summed E-state index contributed by atoms with van der Waals surface area (Å²) in [4.78, 5) is 23.8. The average molecular weight is 325 g/mol. The molecule has 128 valence electrons. The molecule has 0 aromatic heterocycles. The molecular weight excluding hydrogens is 302 g/mol. The summed E-state index contributed by atoms with van der Waals surface area (Å²) in [5.74, 6) is -0.511. The highest BCUT2D eigenvalue weighted by Gasteiger charge is 2.31. The molecule has 0 aromatic carbocycles. The van der Waals surface area contributed by atoms with E-state index in [2.05, 4.69) is 11.4 Å². The van der Waals surface area contributed by atoms with Crippen LogP contribution in [0.3, 0.4) is 0 Å². The van der Waals surface area contributed by atoms with Gasteiger partial charge in [0.1, 0.15) is 6.04 Å². The number of amides is 1. The molecule has 1 heterocycles. The maximum atomic E-state index is 12.2. The third-order valence-electron chi connectivity index (χ3n) is 3.70. The molecule has 1 aliphatic heterocycles. The first-order valence-corrected chi connectivity index (χ1v) is 7.65. The van der Waals surface area contributed by atoms with Gasteiger partial charge in [0.2, 0.25) is 5.91 Å². The molecule has 10 heteroatoms. The van der Waals surface area contributed by atoms with E-state index in [4.69, 9.17) is 16.4 Å². The van der Waals surface area contributed by atoms with E-state index in [1.54, 1.807) is 10.3 Å². The molecule has 0 radical (unpaired) electrons. The molecule has 1 rings (SSSR count). The van der Waals surface area contributed by atoms with Crippen molar-refractivity contribution in [3.8, 4) is 6.07 Å². The maximum Gasteiger partial charge on any atom is 0.251 e. The summed E-state index contributed by atoms with van der Waals surface area (Å²) in [6.45, 7) is 1.03. The second kappa shape index (κ2) is 9.58. The molecule has 1 fully saturated rings. The van der Waals surface area contributed by atoms with Gasteiger partial charge in [-0.1, -0.05) is 18.3 Å². The molecule has 0 bridgehead atoms. The fourth-order valence-corrected chi connectivity index (χ4v) is 2.51. The van der Waals surface area contributed by atoms with Gasteiger partial charge in [0.25, 0.3) is 5.96 Å². The van der Waals surface area contributed by atoms with Crippen LogP contribution in [-0.4, -0.2) is 47.0 Å². The fourth-order valence-electron chi connectivity index (χ4n) is 2.51. The first kappa shape index (κ1) is 18.6. The molecule has 0 spiro atoms. The Bertz CT molecular complexity index is 477. The Morgan fingerprint density at radius 2 is 2.26 bits per heavy atom. The van der Waals surface area contributed by atoms with Crippen LogP contribution < -0.4 is 16.5 Å². The van der Waals surface area contributed by atoms with E-state index in [0.29, 0.717) is 32.4 Å². The monoisotopic (exact) mass is 325 g/mol. The van der Waals surface area contributed by atoms with Crippen LogP contribution in [-0.2, 0) is 4.79 Å². The number of likely N-dealkylation sites (tertiary alicyclic amines) is 1. The van der Waals surface area contributed by atoms with Crippen LogP contribution in [0.25, 0.3) is 0 Å². The molecule has 1 saturated heterocycles. The number of nitrogens with zero attached hydrogens (tertiary/aromatic N) is 3. The van der Waals surface area contributed by atoms with Crippen LogP contribution in [0.4, 0.5) is 0 Å². The van der Waals surface area contributed by atoms with E-state index < -0.39 is 11.1 Å². The Morgan fingerprint density at radius 3 is 2.91 bits per heavy atom. The minimum Gasteiger partial charge on any atom is -0.352 e. The highest BCUT2D eigenvalue weighted by atomic mass is 16.7. The number of rotatable bonds is 8. The minimum absolute atomic E-state index is 0.163. The lowest BCUT2D eigenvalue weighted by Crippen LogP contribution is -2.45. The van der Waals surface area contributed by atoms with Crippen molar-refractivity contribution in [3.05, 3.63) is 10.1 Å². The number of nitrogens with one attached hydrogen (secondary N) is 3. The third-order valence-corrected chi connectivity index (χ3v) is 3.70. The lowest BCUT2D eigenvalue weighted by atomic mass is 10.1. The molecule has 5 N–H and O–H groups in total. The molecule has 1 aliphatic rings. The van der Waals surface area contributed by atoms with Crippen molar-refractivity contribution in [2.75, 3.05) is 13.1 Å². The number of carbonyl (C=O) groups excluding carboxylic acids is 1. The Kier molecular flexibility index (Phi) is 7.76. The molecule has 10 nitrogen and oxygen atoms in total. The van der Waals surface area contributed by atoms with Crippen LogP contribution >= 0.6 is 0 Å². The van der Waals surface area contributed by atoms with Crippen molar-refractivity contribution in [2.24, 2.45) is 5.73 Å². The van der Waals surface area contributed by atoms with Gasteiger partial charge in [0.05, 0.1) is 12.1 Å². The Labute approximate surface area is 134 Å². The zero-order valence-corrected chi connectivity index (χ0v) is 13.0. The lowest BCUT2D eigenvalue weighted by molar-refractivity contribution is -0.525. The molecule has 2 atom stereocenters. The van der Waals surface area contributed by atoms with Crippen LogP contribution in [0, 0.1) is 26.9 Å². The first-order chi connectivity index (χ1) is 11.0. The van der Waals surface area contributed by atoms with E-state index in [-0.39, 0.29) is 17.9 Å². The predicted octanol–water partition coefficient (Wildman–Crippen LogP) is -0.306. The second-order valence-electron chi connectivity index (χ2n) is 5.45. The molecular formula is C13H23N7O3. The normalized spacial score (nSPS) is 18.1. The van der Waals surface area contributed by atoms with E-state index in [9.17, 15) is 14.9 Å². The summed E-state index contributed by atoms with van der Waals surface area (Å²) >= 11 is 0. The van der Waals surface area contributed by atoms with Gasteiger partial charge in [0.15, 0.2) is 5.03 Å². The van der Waals surface area contributed by atoms with Crippen LogP contribution in [0.2, 0.25) is 0 Å². The maximum absolute atomic E-state index is 12.2. The minimum atomic E-state index is -0.799. The summed E-state index contributed by atoms with van der Waals surface area (Å²) in [6.07, 6.45) is 4.35. The van der Waals surface area contributed by atoms with Gasteiger partial charge in [-0.25, -0.2) is 10.1 Å². The van der Waals surface area contributed by atoms with Gasteiger partial charge < -0.3 is 16.0 Å². The summed E-state index contributed by atoms with van der Waals surface area (Å²) in [5.41, 5.74) is 7.60. The first-order valence-electron chi connectivity index (χ1n) is 7.65. The number of nitro groups is 1. The summed E-state index contributed by atoms with van der Waals surface area (Å²) in [7, 11) is 0. The number of hydrazine groups is 1. The zero-order valence-electron chi connectivity index (χ0n) is 13.0. The SMILES string of the molecule is N#C[C@@H]1CCCN1C(=O)[C@@H](N)CCCCCNC(=N)N[N+](=O)[O-]. The zero-order chi connectivity index (χ0) is 17.2. The van der Waals surface area contributed by atoms with Crippen molar-refractivity contribution < 1.29 is 9.83 Å². The van der Waals surface area contributed by atoms with E-state index >= 15 is 0 Å². The summed E-state index contributed by atoms with van der Waals surface area (Å²) in [5, 5.41) is 28.0. The number of nitrogens with two attached hydrogens (primary N) is 1.